The monoisotopic (exact) mass is 495 g/mol. The van der Waals surface area contributed by atoms with Gasteiger partial charge in [-0.15, -0.1) is 4.52 Å². The van der Waals surface area contributed by atoms with Crippen LogP contribution < -0.4 is 20.3 Å². The number of nitrogens with zero attached hydrogens (tertiary/aromatic N) is 5. The lowest BCUT2D eigenvalue weighted by Crippen LogP contribution is -2.39. The first-order valence-corrected chi connectivity index (χ1v) is 13.3. The quantitative estimate of drug-likeness (QED) is 0.498. The van der Waals surface area contributed by atoms with Crippen molar-refractivity contribution in [1.82, 2.24) is 9.88 Å². The largest absolute Gasteiger partial charge is 0.474 e. The van der Waals surface area contributed by atoms with Crippen molar-refractivity contribution in [2.24, 2.45) is 9.63 Å². The van der Waals surface area contributed by atoms with E-state index in [0.717, 1.165) is 50.3 Å². The Morgan fingerprint density at radius 1 is 1.11 bits per heavy atom. The summed E-state index contributed by atoms with van der Waals surface area (Å²) >= 11 is 1.55. The zero-order valence-electron chi connectivity index (χ0n) is 20.1. The maximum Gasteiger partial charge on any atom is 0.323 e. The van der Waals surface area contributed by atoms with E-state index in [0.29, 0.717) is 23.7 Å². The van der Waals surface area contributed by atoms with Gasteiger partial charge < -0.3 is 20.3 Å². The van der Waals surface area contributed by atoms with E-state index < -0.39 is 0 Å². The van der Waals surface area contributed by atoms with Crippen LogP contribution in [-0.2, 0) is 0 Å². The van der Waals surface area contributed by atoms with Crippen LogP contribution in [-0.4, -0.2) is 66.5 Å². The van der Waals surface area contributed by atoms with Gasteiger partial charge in [0.2, 0.25) is 5.88 Å². The van der Waals surface area contributed by atoms with Gasteiger partial charge in [-0.2, -0.15) is 5.11 Å². The minimum Gasteiger partial charge on any atom is -0.474 e. The number of pyridine rings is 1. The summed E-state index contributed by atoms with van der Waals surface area (Å²) in [6.07, 6.45) is 7.64. The fourth-order valence-corrected chi connectivity index (χ4v) is 5.52. The molecule has 2 amide bonds. The molecule has 2 atom stereocenters. The Hall–Kier alpha value is -2.85. The predicted molar refractivity (Wildman–Crippen MR) is 141 cm³/mol. The molecule has 1 saturated heterocycles. The molecule has 2 unspecified atom stereocenters. The molecule has 10 heteroatoms. The summed E-state index contributed by atoms with van der Waals surface area (Å²) in [5.41, 5.74) is 2.55. The number of amides is 2. The number of anilines is 3. The second-order valence-electron chi connectivity index (χ2n) is 9.51. The Balaban J connectivity index is 1.08. The van der Waals surface area contributed by atoms with Crippen molar-refractivity contribution in [3.63, 3.8) is 0 Å². The average molecular weight is 496 g/mol. The molecule has 2 fully saturated rings. The second-order valence-corrected chi connectivity index (χ2v) is 10.3. The first-order valence-electron chi connectivity index (χ1n) is 12.4. The van der Waals surface area contributed by atoms with Crippen molar-refractivity contribution in [3.05, 3.63) is 42.6 Å². The topological polar surface area (TPSA) is 94.5 Å². The molecule has 1 aromatic heterocycles. The normalized spacial score (nSPS) is 22.2. The first-order chi connectivity index (χ1) is 17.1. The van der Waals surface area contributed by atoms with E-state index in [-0.39, 0.29) is 12.1 Å². The van der Waals surface area contributed by atoms with Crippen molar-refractivity contribution in [3.8, 4) is 5.88 Å². The first kappa shape index (κ1) is 23.9. The van der Waals surface area contributed by atoms with Gasteiger partial charge in [0.25, 0.3) is 0 Å². The van der Waals surface area contributed by atoms with Gasteiger partial charge in [0.15, 0.2) is 0 Å². The van der Waals surface area contributed by atoms with Crippen molar-refractivity contribution in [1.29, 1.82) is 0 Å². The number of benzene rings is 1. The van der Waals surface area contributed by atoms with Gasteiger partial charge in [-0.1, -0.05) is 0 Å². The zero-order chi connectivity index (χ0) is 24.0. The molecule has 5 rings (SSSR count). The van der Waals surface area contributed by atoms with Crippen LogP contribution in [0.15, 0.2) is 52.2 Å². The Labute approximate surface area is 210 Å². The van der Waals surface area contributed by atoms with E-state index in [1.54, 1.807) is 24.2 Å². The van der Waals surface area contributed by atoms with Gasteiger partial charge in [0.1, 0.15) is 6.10 Å². The van der Waals surface area contributed by atoms with E-state index in [1.807, 2.05) is 18.2 Å². The van der Waals surface area contributed by atoms with Crippen molar-refractivity contribution in [2.75, 3.05) is 48.0 Å². The van der Waals surface area contributed by atoms with Crippen molar-refractivity contribution >= 4 is 35.0 Å². The molecule has 1 aliphatic carbocycles. The summed E-state index contributed by atoms with van der Waals surface area (Å²) < 4.78 is 9.92. The van der Waals surface area contributed by atoms with E-state index >= 15 is 0 Å². The lowest BCUT2D eigenvalue weighted by Gasteiger charge is -2.26. The lowest BCUT2D eigenvalue weighted by molar-refractivity contribution is 0.201. The minimum atomic E-state index is -0.297. The maximum absolute atomic E-state index is 12.4. The SMILES string of the molecule is CN(CC1CSN=N1)C1CCN(c2ccc(NC(=O)Nc3ccc(OC4CCCC4)nc3)cc2)C1. The number of nitrogens with one attached hydrogen (secondary N) is 2. The number of carbonyl (C=O) groups is 1. The maximum atomic E-state index is 12.4. The molecular formula is C25H33N7O2S. The van der Waals surface area contributed by atoms with E-state index in [2.05, 4.69) is 54.2 Å². The zero-order valence-corrected chi connectivity index (χ0v) is 20.9. The van der Waals surface area contributed by atoms with Crippen molar-refractivity contribution < 1.29 is 9.53 Å². The van der Waals surface area contributed by atoms with Crippen LogP contribution in [0, 0.1) is 0 Å². The predicted octanol–water partition coefficient (Wildman–Crippen LogP) is 5.04. The molecule has 3 heterocycles. The summed E-state index contributed by atoms with van der Waals surface area (Å²) in [6.45, 7) is 2.98. The van der Waals surface area contributed by atoms with Gasteiger partial charge in [-0.05, 0) is 81.4 Å². The van der Waals surface area contributed by atoms with E-state index in [9.17, 15) is 4.79 Å². The van der Waals surface area contributed by atoms with E-state index in [1.165, 1.54) is 18.5 Å². The number of rotatable bonds is 8. The minimum absolute atomic E-state index is 0.267. The molecule has 0 radical (unpaired) electrons. The third-order valence-electron chi connectivity index (χ3n) is 6.89. The molecule has 9 nitrogen and oxygen atoms in total. The summed E-state index contributed by atoms with van der Waals surface area (Å²) in [4.78, 5) is 21.6. The van der Waals surface area contributed by atoms with Crippen LogP contribution in [0.3, 0.4) is 0 Å². The number of aromatic nitrogens is 1. The third-order valence-corrected chi connectivity index (χ3v) is 7.64. The van der Waals surface area contributed by atoms with Crippen LogP contribution >= 0.6 is 11.9 Å². The van der Waals surface area contributed by atoms with Crippen LogP contribution in [0.25, 0.3) is 0 Å². The number of hydrogen-bond acceptors (Lipinski definition) is 8. The fraction of sp³-hybridized carbons (Fsp3) is 0.520. The van der Waals surface area contributed by atoms with Crippen molar-refractivity contribution in [2.45, 2.75) is 50.3 Å². The number of ether oxygens (including phenoxy) is 1. The molecule has 186 valence electrons. The van der Waals surface area contributed by atoms with Crippen LogP contribution in [0.5, 0.6) is 5.88 Å². The summed E-state index contributed by atoms with van der Waals surface area (Å²) in [7, 11) is 2.18. The molecule has 2 N–H and O–H groups in total. The molecule has 2 aromatic rings. The highest BCUT2D eigenvalue weighted by Crippen LogP contribution is 2.26. The molecule has 3 aliphatic rings. The molecular weight excluding hydrogens is 462 g/mol. The van der Waals surface area contributed by atoms with Gasteiger partial charge in [-0.25, -0.2) is 9.78 Å². The fourth-order valence-electron chi connectivity index (χ4n) is 4.91. The van der Waals surface area contributed by atoms with Crippen LogP contribution in [0.2, 0.25) is 0 Å². The summed E-state index contributed by atoms with van der Waals surface area (Å²) in [5.74, 6) is 1.59. The molecule has 35 heavy (non-hydrogen) atoms. The molecule has 0 bridgehead atoms. The van der Waals surface area contributed by atoms with Gasteiger partial charge >= 0.3 is 6.03 Å². The standard InChI is InChI=1S/C25H33N7O2S/c1-31(15-20-17-35-30-29-20)22-12-13-32(16-22)21-9-6-18(7-10-21)27-25(33)28-19-8-11-24(26-14-19)34-23-4-2-3-5-23/h6-11,14,20,22-23H,2-5,12-13,15-17H2,1H3,(H2,27,28,33). The number of urea groups is 1. The van der Waals surface area contributed by atoms with E-state index in [4.69, 9.17) is 4.74 Å². The average Bonchev–Trinajstić information content (AvgIpc) is 3.64. The molecule has 1 aromatic carbocycles. The van der Waals surface area contributed by atoms with Crippen LogP contribution in [0.4, 0.5) is 21.9 Å². The highest BCUT2D eigenvalue weighted by Gasteiger charge is 2.28. The second kappa shape index (κ2) is 11.3. The highest BCUT2D eigenvalue weighted by atomic mass is 32.2. The smallest absolute Gasteiger partial charge is 0.323 e. The summed E-state index contributed by atoms with van der Waals surface area (Å²) in [5, 5.41) is 10.0. The molecule has 1 saturated carbocycles. The summed E-state index contributed by atoms with van der Waals surface area (Å²) in [6, 6.07) is 12.2. The number of carbonyl (C=O) groups excluding carboxylic acids is 1. The Morgan fingerprint density at radius 2 is 1.89 bits per heavy atom. The highest BCUT2D eigenvalue weighted by molar-refractivity contribution is 7.98. The van der Waals surface area contributed by atoms with Gasteiger partial charge in [0.05, 0.1) is 17.9 Å². The van der Waals surface area contributed by atoms with Gasteiger partial charge in [-0.3, -0.25) is 4.90 Å². The Kier molecular flexibility index (Phi) is 7.68. The lowest BCUT2D eigenvalue weighted by atomic mass is 10.2. The Bertz CT molecular complexity index is 1010. The molecule has 2 aliphatic heterocycles. The number of likely N-dealkylation sites (N-methyl/N-ethyl adjacent to an activating group) is 1. The van der Waals surface area contributed by atoms with Crippen LogP contribution in [0.1, 0.15) is 32.1 Å². The Morgan fingerprint density at radius 3 is 2.60 bits per heavy atom. The third kappa shape index (κ3) is 6.43. The molecule has 0 spiro atoms. The number of hydrogen-bond donors (Lipinski definition) is 2. The van der Waals surface area contributed by atoms with Gasteiger partial charge in [0, 0.05) is 48.9 Å².